The van der Waals surface area contributed by atoms with Gasteiger partial charge in [-0.25, -0.2) is 13.2 Å². The van der Waals surface area contributed by atoms with E-state index in [1.165, 1.54) is 12.1 Å². The number of anilines is 1. The van der Waals surface area contributed by atoms with E-state index in [1.807, 2.05) is 13.0 Å². The van der Waals surface area contributed by atoms with E-state index in [0.717, 1.165) is 5.56 Å². The molecule has 0 radical (unpaired) electrons. The molecule has 0 bridgehead atoms. The van der Waals surface area contributed by atoms with Gasteiger partial charge in [0.2, 0.25) is 0 Å². The van der Waals surface area contributed by atoms with E-state index in [0.29, 0.717) is 21.1 Å². The monoisotopic (exact) mass is 393 g/mol. The second-order valence-electron chi connectivity index (χ2n) is 5.08. The number of fused-ring (bicyclic) bond motifs is 1. The summed E-state index contributed by atoms with van der Waals surface area (Å²) in [6, 6.07) is 12.6. The summed E-state index contributed by atoms with van der Waals surface area (Å²) in [5.41, 5.74) is 1.18. The van der Waals surface area contributed by atoms with E-state index in [1.54, 1.807) is 30.3 Å². The van der Waals surface area contributed by atoms with E-state index in [9.17, 15) is 13.2 Å². The van der Waals surface area contributed by atoms with Crippen molar-refractivity contribution in [2.45, 2.75) is 11.8 Å². The van der Waals surface area contributed by atoms with Crippen molar-refractivity contribution < 1.29 is 12.8 Å². The number of halogens is 1. The third kappa shape index (κ3) is 3.46. The summed E-state index contributed by atoms with van der Waals surface area (Å²) in [4.78, 5) is 11.3. The van der Waals surface area contributed by atoms with Crippen LogP contribution in [0.25, 0.3) is 11.0 Å². The Bertz CT molecular complexity index is 1040. The molecule has 0 amide bonds. The number of hydrogen-bond acceptors (Lipinski definition) is 4. The Kier molecular flexibility index (Phi) is 3.99. The van der Waals surface area contributed by atoms with Crippen LogP contribution in [0.2, 0.25) is 0 Å². The fourth-order valence-corrected chi connectivity index (χ4v) is 4.14. The molecule has 0 spiro atoms. The van der Waals surface area contributed by atoms with E-state index in [4.69, 9.17) is 4.42 Å². The van der Waals surface area contributed by atoms with E-state index in [2.05, 4.69) is 20.7 Å². The summed E-state index contributed by atoms with van der Waals surface area (Å²) >= 11 is 3.30. The van der Waals surface area contributed by atoms with Gasteiger partial charge in [0.1, 0.15) is 5.58 Å². The zero-order valence-electron chi connectivity index (χ0n) is 12.0. The van der Waals surface area contributed by atoms with Crippen molar-refractivity contribution in [1.29, 1.82) is 0 Å². The quantitative estimate of drug-likeness (QED) is 0.688. The molecule has 0 fully saturated rings. The first-order valence-corrected chi connectivity index (χ1v) is 8.95. The predicted molar refractivity (Wildman–Crippen MR) is 92.2 cm³/mol. The average Bonchev–Trinajstić information content (AvgIpc) is 2.46. The molecule has 0 aliphatic carbocycles. The standard InChI is InChI=1S/C16H12BrNO4S/c1-10-6-12(17)9-14(7-10)23(20,21)18-13-3-4-15-11(8-13)2-5-16(19)22-15/h2-9,18H,1H3. The summed E-state index contributed by atoms with van der Waals surface area (Å²) in [5, 5.41) is 0.634. The molecule has 0 saturated carbocycles. The van der Waals surface area contributed by atoms with Crippen LogP contribution in [0.1, 0.15) is 5.56 Å². The second-order valence-corrected chi connectivity index (χ2v) is 7.67. The topological polar surface area (TPSA) is 76.4 Å². The Morgan fingerprint density at radius 1 is 1.04 bits per heavy atom. The fraction of sp³-hybridized carbons (Fsp3) is 0.0625. The summed E-state index contributed by atoms with van der Waals surface area (Å²) in [6.45, 7) is 1.82. The molecule has 7 heteroatoms. The molecule has 23 heavy (non-hydrogen) atoms. The van der Waals surface area contributed by atoms with Crippen LogP contribution >= 0.6 is 15.9 Å². The lowest BCUT2D eigenvalue weighted by Crippen LogP contribution is -2.13. The van der Waals surface area contributed by atoms with Crippen LogP contribution in [-0.2, 0) is 10.0 Å². The highest BCUT2D eigenvalue weighted by atomic mass is 79.9. The lowest BCUT2D eigenvalue weighted by molar-refractivity contribution is 0.561. The molecule has 0 saturated heterocycles. The molecular weight excluding hydrogens is 382 g/mol. The van der Waals surface area contributed by atoms with Gasteiger partial charge in [-0.3, -0.25) is 4.72 Å². The van der Waals surface area contributed by atoms with Crippen molar-refractivity contribution in [2.75, 3.05) is 4.72 Å². The van der Waals surface area contributed by atoms with Crippen molar-refractivity contribution in [1.82, 2.24) is 0 Å². The van der Waals surface area contributed by atoms with E-state index < -0.39 is 15.6 Å². The van der Waals surface area contributed by atoms with Gasteiger partial charge in [-0.15, -0.1) is 0 Å². The Labute approximate surface area is 141 Å². The molecule has 0 unspecified atom stereocenters. The van der Waals surface area contributed by atoms with Gasteiger partial charge >= 0.3 is 5.63 Å². The van der Waals surface area contributed by atoms with Gasteiger partial charge in [0.15, 0.2) is 0 Å². The fourth-order valence-electron chi connectivity index (χ4n) is 2.21. The molecule has 1 N–H and O–H groups in total. The van der Waals surface area contributed by atoms with Gasteiger partial charge in [0.25, 0.3) is 10.0 Å². The highest BCUT2D eigenvalue weighted by molar-refractivity contribution is 9.10. The van der Waals surface area contributed by atoms with Crippen LogP contribution in [0.15, 0.2) is 67.1 Å². The van der Waals surface area contributed by atoms with Crippen molar-refractivity contribution in [3.05, 3.63) is 69.0 Å². The van der Waals surface area contributed by atoms with Crippen LogP contribution in [-0.4, -0.2) is 8.42 Å². The van der Waals surface area contributed by atoms with E-state index >= 15 is 0 Å². The van der Waals surface area contributed by atoms with Gasteiger partial charge in [-0.1, -0.05) is 15.9 Å². The number of hydrogen-bond donors (Lipinski definition) is 1. The van der Waals surface area contributed by atoms with Gasteiger partial charge in [-0.05, 0) is 55.0 Å². The summed E-state index contributed by atoms with van der Waals surface area (Å²) < 4.78 is 33.2. The Balaban J connectivity index is 2.00. The van der Waals surface area contributed by atoms with Gasteiger partial charge in [0, 0.05) is 21.6 Å². The maximum absolute atomic E-state index is 12.5. The molecule has 2 aromatic carbocycles. The minimum absolute atomic E-state index is 0.170. The summed E-state index contributed by atoms with van der Waals surface area (Å²) in [7, 11) is -3.71. The van der Waals surface area contributed by atoms with Crippen LogP contribution in [0, 0.1) is 6.92 Å². The van der Waals surface area contributed by atoms with Crippen LogP contribution in [0.5, 0.6) is 0 Å². The number of rotatable bonds is 3. The first kappa shape index (κ1) is 15.8. The van der Waals surface area contributed by atoms with Gasteiger partial charge < -0.3 is 4.42 Å². The van der Waals surface area contributed by atoms with Crippen molar-refractivity contribution in [3.63, 3.8) is 0 Å². The van der Waals surface area contributed by atoms with Gasteiger partial charge in [0.05, 0.1) is 4.90 Å². The normalized spacial score (nSPS) is 11.6. The minimum atomic E-state index is -3.71. The SMILES string of the molecule is Cc1cc(Br)cc(S(=O)(=O)Nc2ccc3oc(=O)ccc3c2)c1. The summed E-state index contributed by atoms with van der Waals surface area (Å²) in [5.74, 6) is 0. The molecule has 1 heterocycles. The van der Waals surface area contributed by atoms with Gasteiger partial charge in [-0.2, -0.15) is 0 Å². The third-order valence-corrected chi connectivity index (χ3v) is 5.02. The first-order valence-electron chi connectivity index (χ1n) is 6.67. The second kappa shape index (κ2) is 5.82. The first-order chi connectivity index (χ1) is 10.8. The molecule has 1 aromatic heterocycles. The Morgan fingerprint density at radius 3 is 2.57 bits per heavy atom. The Hall–Kier alpha value is -2.12. The van der Waals surface area contributed by atoms with E-state index in [-0.39, 0.29) is 4.90 Å². The maximum Gasteiger partial charge on any atom is 0.336 e. The molecule has 118 valence electrons. The third-order valence-electron chi connectivity index (χ3n) is 3.20. The lowest BCUT2D eigenvalue weighted by Gasteiger charge is -2.10. The van der Waals surface area contributed by atoms with Crippen molar-refractivity contribution in [2.24, 2.45) is 0 Å². The largest absolute Gasteiger partial charge is 0.423 e. The molecule has 0 aliphatic rings. The smallest absolute Gasteiger partial charge is 0.336 e. The summed E-state index contributed by atoms with van der Waals surface area (Å²) in [6.07, 6.45) is 0. The molecule has 3 aromatic rings. The van der Waals surface area contributed by atoms with Crippen LogP contribution in [0.4, 0.5) is 5.69 Å². The molecule has 0 aliphatic heterocycles. The minimum Gasteiger partial charge on any atom is -0.423 e. The molecule has 5 nitrogen and oxygen atoms in total. The van der Waals surface area contributed by atoms with Crippen molar-refractivity contribution >= 4 is 42.6 Å². The highest BCUT2D eigenvalue weighted by Crippen LogP contribution is 2.23. The Morgan fingerprint density at radius 2 is 1.83 bits per heavy atom. The number of aryl methyl sites for hydroxylation is 1. The van der Waals surface area contributed by atoms with Crippen molar-refractivity contribution in [3.8, 4) is 0 Å². The highest BCUT2D eigenvalue weighted by Gasteiger charge is 2.15. The maximum atomic E-state index is 12.5. The average molecular weight is 394 g/mol. The number of nitrogens with one attached hydrogen (secondary N) is 1. The molecular formula is C16H12BrNO4S. The molecule has 3 rings (SSSR count). The lowest BCUT2D eigenvalue weighted by atomic mass is 10.2. The number of benzene rings is 2. The number of sulfonamides is 1. The zero-order valence-corrected chi connectivity index (χ0v) is 14.4. The molecule has 0 atom stereocenters. The van der Waals surface area contributed by atoms with Crippen LogP contribution < -0.4 is 10.3 Å². The predicted octanol–water partition coefficient (Wildman–Crippen LogP) is 3.66. The van der Waals surface area contributed by atoms with Crippen LogP contribution in [0.3, 0.4) is 0 Å². The zero-order chi connectivity index (χ0) is 16.6.